The largest absolute Gasteiger partial charge is 0.493 e. The first-order valence-electron chi connectivity index (χ1n) is 6.14. The van der Waals surface area contributed by atoms with Gasteiger partial charge in [0.25, 0.3) is 0 Å². The van der Waals surface area contributed by atoms with E-state index in [0.29, 0.717) is 18.7 Å². The molecule has 0 aliphatic rings. The quantitative estimate of drug-likeness (QED) is 0.590. The number of halogens is 2. The van der Waals surface area contributed by atoms with Gasteiger partial charge in [0, 0.05) is 19.7 Å². The lowest BCUT2D eigenvalue weighted by Gasteiger charge is -2.10. The predicted octanol–water partition coefficient (Wildman–Crippen LogP) is 2.07. The van der Waals surface area contributed by atoms with Crippen molar-refractivity contribution in [2.45, 2.75) is 6.61 Å². The zero-order valence-electron chi connectivity index (χ0n) is 11.8. The summed E-state index contributed by atoms with van der Waals surface area (Å²) in [7, 11) is 2.88. The Labute approximate surface area is 121 Å². The Hall–Kier alpha value is -2.15. The summed E-state index contributed by atoms with van der Waals surface area (Å²) in [5.74, 6) is -0.176. The lowest BCUT2D eigenvalue weighted by molar-refractivity contribution is -0.116. The van der Waals surface area contributed by atoms with Crippen molar-refractivity contribution in [2.75, 3.05) is 27.4 Å². The summed E-state index contributed by atoms with van der Waals surface area (Å²) in [5.41, 5.74) is 0.621. The molecule has 0 bridgehead atoms. The van der Waals surface area contributed by atoms with Gasteiger partial charge in [-0.3, -0.25) is 4.79 Å². The first-order chi connectivity index (χ1) is 10.1. The maximum atomic E-state index is 12.2. The molecule has 0 unspecified atom stereocenters. The molecule has 0 saturated heterocycles. The van der Waals surface area contributed by atoms with Crippen molar-refractivity contribution in [3.8, 4) is 11.5 Å². The fraction of sp³-hybridized carbons (Fsp3) is 0.357. The van der Waals surface area contributed by atoms with E-state index in [0.717, 1.165) is 0 Å². The van der Waals surface area contributed by atoms with Crippen LogP contribution in [0.2, 0.25) is 0 Å². The highest BCUT2D eigenvalue weighted by molar-refractivity contribution is 5.91. The number of alkyl halides is 2. The molecular weight excluding hydrogens is 284 g/mol. The second-order valence-corrected chi connectivity index (χ2v) is 3.91. The van der Waals surface area contributed by atoms with Gasteiger partial charge in [0.1, 0.15) is 0 Å². The van der Waals surface area contributed by atoms with Crippen LogP contribution in [0.1, 0.15) is 5.56 Å². The van der Waals surface area contributed by atoms with Gasteiger partial charge < -0.3 is 19.5 Å². The first kappa shape index (κ1) is 16.9. The summed E-state index contributed by atoms with van der Waals surface area (Å²) < 4.78 is 38.4. The smallest absolute Gasteiger partial charge is 0.387 e. The Morgan fingerprint density at radius 3 is 2.71 bits per heavy atom. The van der Waals surface area contributed by atoms with Gasteiger partial charge in [0.2, 0.25) is 5.91 Å². The van der Waals surface area contributed by atoms with Gasteiger partial charge in [-0.05, 0) is 23.8 Å². The van der Waals surface area contributed by atoms with E-state index in [9.17, 15) is 13.6 Å². The zero-order chi connectivity index (χ0) is 15.7. The molecule has 0 saturated carbocycles. The van der Waals surface area contributed by atoms with Crippen molar-refractivity contribution in [1.29, 1.82) is 0 Å². The van der Waals surface area contributed by atoms with Crippen molar-refractivity contribution >= 4 is 12.0 Å². The molecule has 0 radical (unpaired) electrons. The van der Waals surface area contributed by atoms with Crippen molar-refractivity contribution in [3.05, 3.63) is 29.8 Å². The number of carbonyl (C=O) groups excluding carboxylic acids is 1. The van der Waals surface area contributed by atoms with Crippen LogP contribution in [0.5, 0.6) is 11.5 Å². The molecule has 0 atom stereocenters. The van der Waals surface area contributed by atoms with Gasteiger partial charge in [-0.1, -0.05) is 6.07 Å². The average molecular weight is 301 g/mol. The molecule has 7 heteroatoms. The molecule has 0 heterocycles. The molecule has 0 spiro atoms. The number of hydrogen-bond donors (Lipinski definition) is 1. The predicted molar refractivity (Wildman–Crippen MR) is 73.5 cm³/mol. The molecule has 0 aliphatic carbocycles. The van der Waals surface area contributed by atoms with E-state index in [-0.39, 0.29) is 17.4 Å². The Kier molecular flexibility index (Phi) is 7.17. The van der Waals surface area contributed by atoms with E-state index in [1.807, 2.05) is 0 Å². The van der Waals surface area contributed by atoms with Crippen LogP contribution < -0.4 is 14.8 Å². The van der Waals surface area contributed by atoms with E-state index < -0.39 is 6.61 Å². The highest BCUT2D eigenvalue weighted by Gasteiger charge is 2.10. The number of methoxy groups -OCH3 is 2. The van der Waals surface area contributed by atoms with Crippen molar-refractivity contribution < 1.29 is 27.8 Å². The number of benzene rings is 1. The molecule has 21 heavy (non-hydrogen) atoms. The highest BCUT2D eigenvalue weighted by atomic mass is 19.3. The van der Waals surface area contributed by atoms with E-state index >= 15 is 0 Å². The number of ether oxygens (including phenoxy) is 3. The monoisotopic (exact) mass is 301 g/mol. The van der Waals surface area contributed by atoms with Gasteiger partial charge >= 0.3 is 6.61 Å². The third-order valence-corrected chi connectivity index (χ3v) is 2.44. The van der Waals surface area contributed by atoms with Gasteiger partial charge in [0.15, 0.2) is 11.5 Å². The fourth-order valence-electron chi connectivity index (χ4n) is 1.49. The molecule has 5 nitrogen and oxygen atoms in total. The molecule has 1 aromatic carbocycles. The fourth-order valence-corrected chi connectivity index (χ4v) is 1.49. The van der Waals surface area contributed by atoms with Crippen LogP contribution in [0.3, 0.4) is 0 Å². The zero-order valence-corrected chi connectivity index (χ0v) is 11.8. The normalized spacial score (nSPS) is 10.9. The summed E-state index contributed by atoms with van der Waals surface area (Å²) in [6, 6.07) is 4.39. The lowest BCUT2D eigenvalue weighted by atomic mass is 10.2. The van der Waals surface area contributed by atoms with Gasteiger partial charge in [0.05, 0.1) is 13.7 Å². The van der Waals surface area contributed by atoms with Crippen LogP contribution in [0.25, 0.3) is 6.08 Å². The summed E-state index contributed by atoms with van der Waals surface area (Å²) in [6.07, 6.45) is 2.87. The van der Waals surface area contributed by atoms with Gasteiger partial charge in [-0.25, -0.2) is 0 Å². The Bertz CT molecular complexity index is 492. The standard InChI is InChI=1S/C14H17F2NO4/c1-19-8-7-17-13(18)6-4-10-3-5-11(21-14(15)16)12(9-10)20-2/h3-6,9,14H,7-8H2,1-2H3,(H,17,18)/b6-4+. The average Bonchev–Trinajstić information content (AvgIpc) is 2.46. The first-order valence-corrected chi connectivity index (χ1v) is 6.14. The Morgan fingerprint density at radius 2 is 2.10 bits per heavy atom. The second kappa shape index (κ2) is 8.91. The van der Waals surface area contributed by atoms with Crippen molar-refractivity contribution in [2.24, 2.45) is 0 Å². The van der Waals surface area contributed by atoms with E-state index in [1.165, 1.54) is 38.5 Å². The molecule has 0 aliphatic heterocycles. The molecule has 1 amide bonds. The van der Waals surface area contributed by atoms with Crippen LogP contribution in [-0.4, -0.2) is 39.9 Å². The molecule has 0 fully saturated rings. The van der Waals surface area contributed by atoms with Crippen LogP contribution in [0, 0.1) is 0 Å². The minimum Gasteiger partial charge on any atom is -0.493 e. The molecule has 0 aromatic heterocycles. The van der Waals surface area contributed by atoms with Gasteiger partial charge in [-0.15, -0.1) is 0 Å². The van der Waals surface area contributed by atoms with Crippen molar-refractivity contribution in [1.82, 2.24) is 5.32 Å². The molecule has 1 rings (SSSR count). The number of hydrogen-bond acceptors (Lipinski definition) is 4. The molecular formula is C14H17F2NO4. The van der Waals surface area contributed by atoms with Crippen molar-refractivity contribution in [3.63, 3.8) is 0 Å². The molecule has 116 valence electrons. The number of nitrogens with one attached hydrogen (secondary N) is 1. The van der Waals surface area contributed by atoms with E-state index in [4.69, 9.17) is 9.47 Å². The lowest BCUT2D eigenvalue weighted by Crippen LogP contribution is -2.24. The topological polar surface area (TPSA) is 56.8 Å². The summed E-state index contributed by atoms with van der Waals surface area (Å²) in [5, 5.41) is 2.61. The summed E-state index contributed by atoms with van der Waals surface area (Å²) in [6.45, 7) is -2.09. The van der Waals surface area contributed by atoms with Crippen LogP contribution in [-0.2, 0) is 9.53 Å². The highest BCUT2D eigenvalue weighted by Crippen LogP contribution is 2.29. The third-order valence-electron chi connectivity index (χ3n) is 2.44. The maximum Gasteiger partial charge on any atom is 0.387 e. The van der Waals surface area contributed by atoms with E-state index in [1.54, 1.807) is 6.07 Å². The summed E-state index contributed by atoms with van der Waals surface area (Å²) >= 11 is 0. The van der Waals surface area contributed by atoms with Crippen LogP contribution >= 0.6 is 0 Å². The summed E-state index contributed by atoms with van der Waals surface area (Å²) in [4.78, 5) is 11.4. The minimum atomic E-state index is -2.92. The molecule has 1 aromatic rings. The number of amides is 1. The van der Waals surface area contributed by atoms with E-state index in [2.05, 4.69) is 10.1 Å². The van der Waals surface area contributed by atoms with Gasteiger partial charge in [-0.2, -0.15) is 8.78 Å². The minimum absolute atomic E-state index is 0.0609. The second-order valence-electron chi connectivity index (χ2n) is 3.91. The SMILES string of the molecule is COCCNC(=O)/C=C/c1ccc(OC(F)F)c(OC)c1. The molecule has 1 N–H and O–H groups in total. The van der Waals surface area contributed by atoms with Crippen LogP contribution in [0.4, 0.5) is 8.78 Å². The number of carbonyl (C=O) groups is 1. The Balaban J connectivity index is 2.69. The Morgan fingerprint density at radius 1 is 1.33 bits per heavy atom. The third kappa shape index (κ3) is 6.22. The van der Waals surface area contributed by atoms with Crippen LogP contribution in [0.15, 0.2) is 24.3 Å². The number of rotatable bonds is 8. The maximum absolute atomic E-state index is 12.2.